The molecule has 8 nitrogen and oxygen atoms in total. The molecule has 9 heteroatoms. The van der Waals surface area contributed by atoms with E-state index in [0.717, 1.165) is 33.1 Å². The van der Waals surface area contributed by atoms with E-state index in [2.05, 4.69) is 4.57 Å². The highest BCUT2D eigenvalue weighted by Crippen LogP contribution is 2.30. The van der Waals surface area contributed by atoms with E-state index in [1.165, 1.54) is 4.68 Å². The number of rotatable bonds is 6. The Bertz CT molecular complexity index is 2310. The third-order valence-corrected chi connectivity index (χ3v) is 7.78. The molecule has 0 aliphatic rings. The molecule has 3 heterocycles. The van der Waals surface area contributed by atoms with Gasteiger partial charge in [-0.25, -0.2) is 9.78 Å². The van der Waals surface area contributed by atoms with Crippen LogP contribution >= 0.6 is 11.6 Å². The largest absolute Gasteiger partial charge is 0.478 e. The summed E-state index contributed by atoms with van der Waals surface area (Å²) in [6.07, 6.45) is 1.67. The summed E-state index contributed by atoms with van der Waals surface area (Å²) in [5.41, 5.74) is 4.60. The van der Waals surface area contributed by atoms with Crippen molar-refractivity contribution in [3.05, 3.63) is 135 Å². The minimum Gasteiger partial charge on any atom is -0.478 e. The summed E-state index contributed by atoms with van der Waals surface area (Å²) in [7, 11) is 0. The number of carbonyl (C=O) groups is 1. The highest BCUT2D eigenvalue weighted by Gasteiger charge is 2.18. The lowest BCUT2D eigenvalue weighted by molar-refractivity contribution is 0.0696. The van der Waals surface area contributed by atoms with Gasteiger partial charge in [-0.3, -0.25) is 4.79 Å². The first-order chi connectivity index (χ1) is 20.9. The van der Waals surface area contributed by atoms with Gasteiger partial charge in [-0.1, -0.05) is 54.1 Å². The van der Waals surface area contributed by atoms with Crippen molar-refractivity contribution in [1.82, 2.24) is 14.2 Å². The Labute approximate surface area is 249 Å². The number of nitrogens with zero attached hydrogens (tertiary/aromatic N) is 4. The summed E-state index contributed by atoms with van der Waals surface area (Å²) in [6.45, 7) is 2.44. The SMILES string of the molecule is Cc1c(C=Nn2c(-c3cc4cc(Cl)ccc4o3)nc3ccccc3c2=O)c2ccccc2n1Cc1cccc(C(=O)O)c1. The fourth-order valence-electron chi connectivity index (χ4n) is 5.44. The van der Waals surface area contributed by atoms with Gasteiger partial charge in [-0.15, -0.1) is 0 Å². The molecule has 1 N–H and O–H groups in total. The number of aromatic nitrogens is 3. The summed E-state index contributed by atoms with van der Waals surface area (Å²) in [5, 5.41) is 16.9. The van der Waals surface area contributed by atoms with Gasteiger partial charge in [0.1, 0.15) is 5.58 Å². The molecular formula is C34H23ClN4O4. The van der Waals surface area contributed by atoms with Crippen molar-refractivity contribution in [2.45, 2.75) is 13.5 Å². The van der Waals surface area contributed by atoms with Gasteiger partial charge in [0.05, 0.1) is 22.7 Å². The van der Waals surface area contributed by atoms with Crippen molar-refractivity contribution in [1.29, 1.82) is 0 Å². The number of fused-ring (bicyclic) bond motifs is 3. The number of hydrogen-bond acceptors (Lipinski definition) is 5. The third-order valence-electron chi connectivity index (χ3n) is 7.55. The van der Waals surface area contributed by atoms with Crippen molar-refractivity contribution < 1.29 is 14.3 Å². The first kappa shape index (κ1) is 26.4. The molecule has 0 fully saturated rings. The Morgan fingerprint density at radius 1 is 0.977 bits per heavy atom. The Morgan fingerprint density at radius 3 is 2.60 bits per heavy atom. The number of aromatic carboxylic acids is 1. The van der Waals surface area contributed by atoms with Gasteiger partial charge in [-0.05, 0) is 67.1 Å². The molecule has 7 aromatic rings. The van der Waals surface area contributed by atoms with E-state index in [-0.39, 0.29) is 16.9 Å². The molecular weight excluding hydrogens is 564 g/mol. The van der Waals surface area contributed by atoms with Crippen LogP contribution in [0.1, 0.15) is 27.2 Å². The second kappa shape index (κ2) is 10.4. The average Bonchev–Trinajstić information content (AvgIpc) is 3.55. The lowest BCUT2D eigenvalue weighted by Crippen LogP contribution is -2.20. The molecule has 0 saturated heterocycles. The van der Waals surface area contributed by atoms with Crippen LogP contribution in [-0.2, 0) is 6.54 Å². The second-order valence-electron chi connectivity index (χ2n) is 10.2. The predicted molar refractivity (Wildman–Crippen MR) is 168 cm³/mol. The predicted octanol–water partition coefficient (Wildman–Crippen LogP) is 7.35. The quantitative estimate of drug-likeness (QED) is 0.205. The van der Waals surface area contributed by atoms with Gasteiger partial charge in [0.2, 0.25) is 5.82 Å². The molecule has 3 aromatic heterocycles. The summed E-state index contributed by atoms with van der Waals surface area (Å²) in [5.74, 6) is -0.324. The minimum atomic E-state index is -0.971. The van der Waals surface area contributed by atoms with E-state index in [1.54, 1.807) is 66.9 Å². The summed E-state index contributed by atoms with van der Waals surface area (Å²) < 4.78 is 9.48. The fraction of sp³-hybridized carbons (Fsp3) is 0.0588. The Morgan fingerprint density at radius 2 is 1.77 bits per heavy atom. The maximum Gasteiger partial charge on any atom is 0.335 e. The van der Waals surface area contributed by atoms with Crippen LogP contribution in [-0.4, -0.2) is 31.5 Å². The van der Waals surface area contributed by atoms with Crippen LogP contribution in [0, 0.1) is 6.92 Å². The zero-order valence-electron chi connectivity index (χ0n) is 22.9. The van der Waals surface area contributed by atoms with Gasteiger partial charge >= 0.3 is 5.97 Å². The van der Waals surface area contributed by atoms with E-state index >= 15 is 0 Å². The first-order valence-corrected chi connectivity index (χ1v) is 13.9. The van der Waals surface area contributed by atoms with Crippen molar-refractivity contribution in [2.75, 3.05) is 0 Å². The molecule has 7 rings (SSSR count). The summed E-state index contributed by atoms with van der Waals surface area (Å²) in [6, 6.07) is 29.1. The number of furan rings is 1. The minimum absolute atomic E-state index is 0.233. The molecule has 0 spiro atoms. The number of para-hydroxylation sites is 2. The van der Waals surface area contributed by atoms with E-state index in [0.29, 0.717) is 33.8 Å². The molecule has 0 unspecified atom stereocenters. The van der Waals surface area contributed by atoms with Crippen molar-refractivity contribution >= 4 is 56.6 Å². The van der Waals surface area contributed by atoms with Crippen LogP contribution in [0.3, 0.4) is 0 Å². The van der Waals surface area contributed by atoms with Crippen LogP contribution in [0.2, 0.25) is 5.02 Å². The maximum absolute atomic E-state index is 13.8. The lowest BCUT2D eigenvalue weighted by atomic mass is 10.1. The standard InChI is InChI=1S/C34H23ClN4O4/c1-20-27(25-9-3-5-12-29(25)38(20)19-21-7-6-8-22(15-21)34(41)42)18-36-39-32(37-28-11-4-2-10-26(28)33(39)40)31-17-23-16-24(35)13-14-30(23)43-31/h2-18H,19H2,1H3,(H,41,42). The van der Waals surface area contributed by atoms with Crippen LogP contribution in [0.4, 0.5) is 0 Å². The zero-order chi connectivity index (χ0) is 29.7. The number of benzene rings is 4. The number of halogens is 1. The van der Waals surface area contributed by atoms with Crippen molar-refractivity contribution in [3.63, 3.8) is 0 Å². The van der Waals surface area contributed by atoms with Gasteiger partial charge in [0, 0.05) is 39.1 Å². The molecule has 0 atom stereocenters. The molecule has 0 bridgehead atoms. The highest BCUT2D eigenvalue weighted by atomic mass is 35.5. The molecule has 210 valence electrons. The van der Waals surface area contributed by atoms with E-state index in [4.69, 9.17) is 26.1 Å². The molecule has 43 heavy (non-hydrogen) atoms. The van der Waals surface area contributed by atoms with Gasteiger partial charge in [-0.2, -0.15) is 9.78 Å². The topological polar surface area (TPSA) is 103 Å². The number of carboxylic acids is 1. The van der Waals surface area contributed by atoms with Crippen LogP contribution in [0.5, 0.6) is 0 Å². The Balaban J connectivity index is 1.38. The third kappa shape index (κ3) is 4.67. The first-order valence-electron chi connectivity index (χ1n) is 13.5. The average molecular weight is 587 g/mol. The van der Waals surface area contributed by atoms with E-state index in [1.807, 2.05) is 43.3 Å². The molecule has 0 aliphatic heterocycles. The lowest BCUT2D eigenvalue weighted by Gasteiger charge is -2.10. The van der Waals surface area contributed by atoms with E-state index < -0.39 is 5.97 Å². The van der Waals surface area contributed by atoms with Gasteiger partial charge in [0.25, 0.3) is 5.56 Å². The van der Waals surface area contributed by atoms with E-state index in [9.17, 15) is 14.7 Å². The smallest absolute Gasteiger partial charge is 0.335 e. The van der Waals surface area contributed by atoms with Gasteiger partial charge < -0.3 is 14.1 Å². The highest BCUT2D eigenvalue weighted by molar-refractivity contribution is 6.31. The van der Waals surface area contributed by atoms with Crippen LogP contribution in [0.15, 0.2) is 111 Å². The number of carboxylic acid groups (broad SMARTS) is 1. The molecule has 0 aliphatic carbocycles. The number of hydrogen-bond donors (Lipinski definition) is 1. The van der Waals surface area contributed by atoms with Crippen molar-refractivity contribution in [3.8, 4) is 11.6 Å². The molecule has 0 radical (unpaired) electrons. The summed E-state index contributed by atoms with van der Waals surface area (Å²) >= 11 is 6.20. The molecule has 4 aromatic carbocycles. The second-order valence-corrected chi connectivity index (χ2v) is 10.7. The molecule has 0 saturated carbocycles. The zero-order valence-corrected chi connectivity index (χ0v) is 23.6. The Kier molecular flexibility index (Phi) is 6.40. The molecule has 0 amide bonds. The normalized spacial score (nSPS) is 11.8. The van der Waals surface area contributed by atoms with Crippen LogP contribution in [0.25, 0.3) is 44.4 Å². The van der Waals surface area contributed by atoms with Gasteiger partial charge in [0.15, 0.2) is 5.76 Å². The van der Waals surface area contributed by atoms with Crippen LogP contribution < -0.4 is 5.56 Å². The Hall–Kier alpha value is -5.47. The summed E-state index contributed by atoms with van der Waals surface area (Å²) in [4.78, 5) is 30.1. The fourth-order valence-corrected chi connectivity index (χ4v) is 5.62. The monoisotopic (exact) mass is 586 g/mol. The van der Waals surface area contributed by atoms with Crippen molar-refractivity contribution in [2.24, 2.45) is 5.10 Å². The maximum atomic E-state index is 13.8.